The number of piperazine rings is 1. The number of hydrogen-bond acceptors (Lipinski definition) is 6. The normalized spacial score (nSPS) is 16.0. The Morgan fingerprint density at radius 2 is 1.47 bits per heavy atom. The Labute approximate surface area is 199 Å². The van der Waals surface area contributed by atoms with Gasteiger partial charge in [0.2, 0.25) is 11.8 Å². The van der Waals surface area contributed by atoms with Crippen molar-refractivity contribution in [3.05, 3.63) is 48.0 Å². The number of rotatable bonds is 8. The molecule has 0 bridgehead atoms. The molecule has 9 heteroatoms. The van der Waals surface area contributed by atoms with Gasteiger partial charge < -0.3 is 25.0 Å². The fourth-order valence-corrected chi connectivity index (χ4v) is 3.98. The molecule has 0 atom stereocenters. The summed E-state index contributed by atoms with van der Waals surface area (Å²) in [4.78, 5) is 41.4. The number of amides is 3. The second-order valence-electron chi connectivity index (χ2n) is 8.50. The van der Waals surface area contributed by atoms with Crippen LogP contribution in [0.5, 0.6) is 11.5 Å². The number of ether oxygens (including phenoxy) is 2. The summed E-state index contributed by atoms with van der Waals surface area (Å²) < 4.78 is 10.9. The van der Waals surface area contributed by atoms with Crippen molar-refractivity contribution in [2.45, 2.75) is 12.8 Å². The second-order valence-corrected chi connectivity index (χ2v) is 8.50. The van der Waals surface area contributed by atoms with Crippen molar-refractivity contribution in [2.75, 3.05) is 57.6 Å². The summed E-state index contributed by atoms with van der Waals surface area (Å²) in [6.07, 6.45) is 2.00. The highest BCUT2D eigenvalue weighted by molar-refractivity contribution is 6.05. The highest BCUT2D eigenvalue weighted by Crippen LogP contribution is 2.37. The van der Waals surface area contributed by atoms with Crippen LogP contribution in [0.4, 0.5) is 11.4 Å². The van der Waals surface area contributed by atoms with Crippen LogP contribution >= 0.6 is 0 Å². The maximum Gasteiger partial charge on any atom is 0.255 e. The van der Waals surface area contributed by atoms with Gasteiger partial charge in [-0.15, -0.1) is 0 Å². The first-order valence-corrected chi connectivity index (χ1v) is 11.4. The van der Waals surface area contributed by atoms with E-state index in [1.54, 1.807) is 36.4 Å². The molecule has 0 radical (unpaired) electrons. The molecule has 1 saturated carbocycles. The molecule has 3 amide bonds. The summed E-state index contributed by atoms with van der Waals surface area (Å²) in [7, 11) is 2.99. The third kappa shape index (κ3) is 5.66. The first-order chi connectivity index (χ1) is 16.5. The summed E-state index contributed by atoms with van der Waals surface area (Å²) in [6, 6.07) is 12.1. The van der Waals surface area contributed by atoms with Gasteiger partial charge >= 0.3 is 0 Å². The van der Waals surface area contributed by atoms with E-state index in [1.165, 1.54) is 14.2 Å². The fraction of sp³-hybridized carbons (Fsp3) is 0.400. The lowest BCUT2D eigenvalue weighted by Crippen LogP contribution is -2.50. The van der Waals surface area contributed by atoms with E-state index >= 15 is 0 Å². The molecule has 2 N–H and O–H groups in total. The molecule has 1 aliphatic carbocycles. The van der Waals surface area contributed by atoms with Crippen LogP contribution in [0.1, 0.15) is 23.2 Å². The molecule has 9 nitrogen and oxygen atoms in total. The summed E-state index contributed by atoms with van der Waals surface area (Å²) in [5, 5.41) is 5.71. The van der Waals surface area contributed by atoms with Crippen molar-refractivity contribution in [1.29, 1.82) is 0 Å². The number of anilines is 2. The van der Waals surface area contributed by atoms with E-state index in [0.717, 1.165) is 12.8 Å². The van der Waals surface area contributed by atoms with Gasteiger partial charge in [-0.25, -0.2) is 0 Å². The van der Waals surface area contributed by atoms with Gasteiger partial charge in [-0.05, 0) is 25.0 Å². The van der Waals surface area contributed by atoms with Crippen LogP contribution in [0.25, 0.3) is 0 Å². The van der Waals surface area contributed by atoms with E-state index in [9.17, 15) is 14.4 Å². The Morgan fingerprint density at radius 3 is 2.03 bits per heavy atom. The Morgan fingerprint density at radius 1 is 0.882 bits per heavy atom. The molecule has 0 aromatic heterocycles. The van der Waals surface area contributed by atoms with Crippen LogP contribution in [0.3, 0.4) is 0 Å². The maximum atomic E-state index is 12.7. The Bertz CT molecular complexity index is 1050. The highest BCUT2D eigenvalue weighted by atomic mass is 16.5. The minimum Gasteiger partial charge on any atom is -0.494 e. The first kappa shape index (κ1) is 23.6. The molecule has 2 aromatic carbocycles. The van der Waals surface area contributed by atoms with Gasteiger partial charge in [0.05, 0.1) is 32.1 Å². The number of nitrogens with zero attached hydrogens (tertiary/aromatic N) is 2. The molecule has 34 heavy (non-hydrogen) atoms. The topological polar surface area (TPSA) is 100 Å². The lowest BCUT2D eigenvalue weighted by Gasteiger charge is -2.34. The van der Waals surface area contributed by atoms with Crippen LogP contribution in [0.2, 0.25) is 0 Å². The lowest BCUT2D eigenvalue weighted by atomic mass is 10.2. The Balaban J connectivity index is 1.38. The third-order valence-electron chi connectivity index (χ3n) is 6.06. The standard InChI is InChI=1S/C25H30N4O5/c1-33-21-15-20(27-24(31)17-6-4-3-5-7-17)22(34-2)14-19(21)26-23(30)16-28-10-12-29(13-11-28)25(32)18-8-9-18/h3-7,14-15,18H,8-13,16H2,1-2H3,(H,26,30)(H,27,31). The summed E-state index contributed by atoms with van der Waals surface area (Å²) >= 11 is 0. The highest BCUT2D eigenvalue weighted by Gasteiger charge is 2.34. The zero-order valence-electron chi connectivity index (χ0n) is 19.5. The predicted molar refractivity (Wildman–Crippen MR) is 128 cm³/mol. The summed E-state index contributed by atoms with van der Waals surface area (Å²) in [5.41, 5.74) is 1.40. The van der Waals surface area contributed by atoms with Crippen molar-refractivity contribution in [2.24, 2.45) is 5.92 Å². The Kier molecular flexibility index (Phi) is 7.32. The van der Waals surface area contributed by atoms with Gasteiger partial charge in [-0.3, -0.25) is 19.3 Å². The zero-order chi connectivity index (χ0) is 24.1. The second kappa shape index (κ2) is 10.6. The molecular formula is C25H30N4O5. The van der Waals surface area contributed by atoms with Gasteiger partial charge in [0, 0.05) is 49.8 Å². The van der Waals surface area contributed by atoms with Crippen LogP contribution in [-0.2, 0) is 9.59 Å². The predicted octanol–water partition coefficient (Wildman–Crippen LogP) is 2.45. The summed E-state index contributed by atoms with van der Waals surface area (Å²) in [6.45, 7) is 2.84. The zero-order valence-corrected chi connectivity index (χ0v) is 19.5. The van der Waals surface area contributed by atoms with Crippen molar-refractivity contribution in [3.63, 3.8) is 0 Å². The quantitative estimate of drug-likeness (QED) is 0.620. The SMILES string of the molecule is COc1cc(NC(=O)c2ccccc2)c(OC)cc1NC(=O)CN1CCN(C(=O)C2CC2)CC1. The lowest BCUT2D eigenvalue weighted by molar-refractivity contribution is -0.134. The van der Waals surface area contributed by atoms with Crippen LogP contribution in [0, 0.1) is 5.92 Å². The van der Waals surface area contributed by atoms with Gasteiger partial charge in [-0.1, -0.05) is 18.2 Å². The molecule has 180 valence electrons. The van der Waals surface area contributed by atoms with Crippen LogP contribution < -0.4 is 20.1 Å². The van der Waals surface area contributed by atoms with Gasteiger partial charge in [-0.2, -0.15) is 0 Å². The minimum absolute atomic E-state index is 0.191. The molecule has 2 aromatic rings. The average molecular weight is 467 g/mol. The molecule has 2 fully saturated rings. The van der Waals surface area contributed by atoms with E-state index in [2.05, 4.69) is 10.6 Å². The fourth-order valence-electron chi connectivity index (χ4n) is 3.98. The van der Waals surface area contributed by atoms with Crippen molar-refractivity contribution in [3.8, 4) is 11.5 Å². The minimum atomic E-state index is -0.281. The van der Waals surface area contributed by atoms with Gasteiger partial charge in [0.25, 0.3) is 5.91 Å². The number of carbonyl (C=O) groups excluding carboxylic acids is 3. The number of benzene rings is 2. The first-order valence-electron chi connectivity index (χ1n) is 11.4. The maximum absolute atomic E-state index is 12.7. The van der Waals surface area contributed by atoms with Crippen molar-refractivity contribution in [1.82, 2.24) is 9.80 Å². The molecule has 1 saturated heterocycles. The van der Waals surface area contributed by atoms with Gasteiger partial charge in [0.1, 0.15) is 11.5 Å². The third-order valence-corrected chi connectivity index (χ3v) is 6.06. The average Bonchev–Trinajstić information content (AvgIpc) is 3.70. The number of carbonyl (C=O) groups is 3. The van der Waals surface area contributed by atoms with Gasteiger partial charge in [0.15, 0.2) is 0 Å². The Hall–Kier alpha value is -3.59. The number of methoxy groups -OCH3 is 2. The van der Waals surface area contributed by atoms with E-state index < -0.39 is 0 Å². The number of hydrogen-bond donors (Lipinski definition) is 2. The van der Waals surface area contributed by atoms with E-state index in [4.69, 9.17) is 9.47 Å². The molecular weight excluding hydrogens is 436 g/mol. The smallest absolute Gasteiger partial charge is 0.255 e. The van der Waals surface area contributed by atoms with Crippen molar-refractivity contribution < 1.29 is 23.9 Å². The monoisotopic (exact) mass is 466 g/mol. The molecule has 2 aliphatic rings. The largest absolute Gasteiger partial charge is 0.494 e. The molecule has 0 unspecified atom stereocenters. The van der Waals surface area contributed by atoms with Crippen LogP contribution in [0.15, 0.2) is 42.5 Å². The van der Waals surface area contributed by atoms with E-state index in [-0.39, 0.29) is 30.2 Å². The van der Waals surface area contributed by atoms with Crippen molar-refractivity contribution >= 4 is 29.1 Å². The van der Waals surface area contributed by atoms with E-state index in [0.29, 0.717) is 54.6 Å². The molecule has 1 aliphatic heterocycles. The molecule has 1 heterocycles. The molecule has 4 rings (SSSR count). The van der Waals surface area contributed by atoms with E-state index in [1.807, 2.05) is 15.9 Å². The van der Waals surface area contributed by atoms with Crippen LogP contribution in [-0.4, -0.2) is 74.5 Å². The summed E-state index contributed by atoms with van der Waals surface area (Å²) in [5.74, 6) is 0.795. The number of nitrogens with one attached hydrogen (secondary N) is 2. The molecule has 0 spiro atoms.